The Bertz CT molecular complexity index is 1060. The molecule has 1 heterocycles. The molecule has 1 aromatic heterocycles. The van der Waals surface area contributed by atoms with Gasteiger partial charge in [-0.15, -0.1) is 0 Å². The molecule has 0 saturated heterocycles. The van der Waals surface area contributed by atoms with Crippen LogP contribution < -0.4 is 15.7 Å². The maximum Gasteiger partial charge on any atom is 0.336 e. The first-order chi connectivity index (χ1) is 12.4. The van der Waals surface area contributed by atoms with Crippen LogP contribution in [0, 0.1) is 10.1 Å². The van der Waals surface area contributed by atoms with Gasteiger partial charge in [-0.2, -0.15) is 0 Å². The number of fused-ring (bicyclic) bond motifs is 1. The lowest BCUT2D eigenvalue weighted by Gasteiger charge is -2.08. The van der Waals surface area contributed by atoms with Gasteiger partial charge >= 0.3 is 5.63 Å². The molecular formula is C17H11ClN2O6. The van der Waals surface area contributed by atoms with Crippen molar-refractivity contribution in [3.05, 3.63) is 74.1 Å². The van der Waals surface area contributed by atoms with Gasteiger partial charge in [0.2, 0.25) is 0 Å². The summed E-state index contributed by atoms with van der Waals surface area (Å²) >= 11 is 5.72. The fraction of sp³-hybridized carbons (Fsp3) is 0.0588. The van der Waals surface area contributed by atoms with Crippen LogP contribution in [-0.2, 0) is 4.79 Å². The standard InChI is InChI=1S/C17H11ClN2O6/c18-13-5-3-11(7-14(13)20(23)24)19-16(21)9-25-12-4-1-10-2-6-17(22)26-15(10)8-12/h1-8H,9H2,(H,19,21). The first-order valence-corrected chi connectivity index (χ1v) is 7.71. The van der Waals surface area contributed by atoms with Gasteiger partial charge in [-0.3, -0.25) is 14.9 Å². The predicted octanol–water partition coefficient (Wildman–Crippen LogP) is 3.37. The van der Waals surface area contributed by atoms with Gasteiger partial charge in [0.15, 0.2) is 6.61 Å². The number of amides is 1. The van der Waals surface area contributed by atoms with Crippen molar-refractivity contribution in [2.75, 3.05) is 11.9 Å². The summed E-state index contributed by atoms with van der Waals surface area (Å²) in [6.07, 6.45) is 0. The Morgan fingerprint density at radius 1 is 1.19 bits per heavy atom. The molecule has 3 aromatic rings. The third-order valence-corrected chi connectivity index (χ3v) is 3.71. The van der Waals surface area contributed by atoms with E-state index in [0.717, 1.165) is 11.5 Å². The highest BCUT2D eigenvalue weighted by molar-refractivity contribution is 6.32. The van der Waals surface area contributed by atoms with Crippen molar-refractivity contribution in [3.8, 4) is 5.75 Å². The highest BCUT2D eigenvalue weighted by Gasteiger charge is 2.14. The van der Waals surface area contributed by atoms with Crippen LogP contribution in [0.2, 0.25) is 5.02 Å². The lowest BCUT2D eigenvalue weighted by atomic mass is 10.2. The summed E-state index contributed by atoms with van der Waals surface area (Å²) < 4.78 is 10.4. The van der Waals surface area contributed by atoms with Crippen LogP contribution >= 0.6 is 11.6 Å². The average molecular weight is 375 g/mol. The molecule has 8 nitrogen and oxygen atoms in total. The van der Waals surface area contributed by atoms with E-state index >= 15 is 0 Å². The second-order valence-electron chi connectivity index (χ2n) is 5.21. The molecular weight excluding hydrogens is 364 g/mol. The smallest absolute Gasteiger partial charge is 0.336 e. The number of ether oxygens (including phenoxy) is 1. The molecule has 2 aromatic carbocycles. The molecule has 3 rings (SSSR count). The zero-order chi connectivity index (χ0) is 18.7. The first kappa shape index (κ1) is 17.4. The van der Waals surface area contributed by atoms with Gasteiger partial charge in [-0.05, 0) is 30.3 Å². The molecule has 0 atom stereocenters. The lowest BCUT2D eigenvalue weighted by Crippen LogP contribution is -2.20. The van der Waals surface area contributed by atoms with Crippen molar-refractivity contribution >= 4 is 39.9 Å². The van der Waals surface area contributed by atoms with E-state index in [0.29, 0.717) is 11.3 Å². The Kier molecular flexibility index (Phi) is 4.85. The SMILES string of the molecule is O=C(COc1ccc2ccc(=O)oc2c1)Nc1ccc(Cl)c([N+](=O)[O-])c1. The van der Waals surface area contributed by atoms with Crippen LogP contribution in [0.4, 0.5) is 11.4 Å². The molecule has 0 aliphatic rings. The maximum absolute atomic E-state index is 12.0. The number of nitrogens with one attached hydrogen (secondary N) is 1. The van der Waals surface area contributed by atoms with E-state index in [9.17, 15) is 19.7 Å². The summed E-state index contributed by atoms with van der Waals surface area (Å²) in [7, 11) is 0. The number of nitrogens with zero attached hydrogens (tertiary/aromatic N) is 1. The Hall–Kier alpha value is -3.39. The lowest BCUT2D eigenvalue weighted by molar-refractivity contribution is -0.384. The molecule has 0 saturated carbocycles. The van der Waals surface area contributed by atoms with E-state index in [1.165, 1.54) is 24.3 Å². The van der Waals surface area contributed by atoms with Crippen LogP contribution in [0.5, 0.6) is 5.75 Å². The minimum Gasteiger partial charge on any atom is -0.484 e. The van der Waals surface area contributed by atoms with E-state index in [-0.39, 0.29) is 23.0 Å². The largest absolute Gasteiger partial charge is 0.484 e. The maximum atomic E-state index is 12.0. The average Bonchev–Trinajstić information content (AvgIpc) is 2.61. The van der Waals surface area contributed by atoms with E-state index in [4.69, 9.17) is 20.8 Å². The number of halogens is 1. The number of carbonyl (C=O) groups excluding carboxylic acids is 1. The number of benzene rings is 2. The number of carbonyl (C=O) groups is 1. The third-order valence-electron chi connectivity index (χ3n) is 3.39. The second kappa shape index (κ2) is 7.24. The Balaban J connectivity index is 1.66. The van der Waals surface area contributed by atoms with E-state index in [2.05, 4.69) is 5.32 Å². The van der Waals surface area contributed by atoms with Crippen molar-refractivity contribution < 1.29 is 18.9 Å². The molecule has 9 heteroatoms. The number of hydrogen-bond donors (Lipinski definition) is 1. The number of nitro groups is 1. The van der Waals surface area contributed by atoms with Gasteiger partial charge < -0.3 is 14.5 Å². The van der Waals surface area contributed by atoms with Crippen LogP contribution in [0.15, 0.2) is 57.7 Å². The third kappa shape index (κ3) is 3.98. The number of nitro benzene ring substituents is 1. The zero-order valence-corrected chi connectivity index (χ0v) is 13.9. The van der Waals surface area contributed by atoms with Crippen LogP contribution in [-0.4, -0.2) is 17.4 Å². The van der Waals surface area contributed by atoms with Gasteiger partial charge in [0, 0.05) is 29.3 Å². The Morgan fingerprint density at radius 2 is 1.96 bits per heavy atom. The normalized spacial score (nSPS) is 10.5. The highest BCUT2D eigenvalue weighted by Crippen LogP contribution is 2.27. The predicted molar refractivity (Wildman–Crippen MR) is 94.7 cm³/mol. The molecule has 0 bridgehead atoms. The summed E-state index contributed by atoms with van der Waals surface area (Å²) in [6, 6.07) is 11.7. The van der Waals surface area contributed by atoms with E-state index < -0.39 is 16.5 Å². The van der Waals surface area contributed by atoms with Crippen molar-refractivity contribution in [2.24, 2.45) is 0 Å². The summed E-state index contributed by atoms with van der Waals surface area (Å²) in [6.45, 7) is -0.334. The molecule has 132 valence electrons. The van der Waals surface area contributed by atoms with Crippen molar-refractivity contribution in [2.45, 2.75) is 0 Å². The summed E-state index contributed by atoms with van der Waals surface area (Å²) in [5, 5.41) is 14.0. The molecule has 0 radical (unpaired) electrons. The van der Waals surface area contributed by atoms with Crippen molar-refractivity contribution in [1.29, 1.82) is 0 Å². The minimum atomic E-state index is -0.642. The van der Waals surface area contributed by atoms with Crippen LogP contribution in [0.1, 0.15) is 0 Å². The molecule has 1 N–H and O–H groups in total. The Morgan fingerprint density at radius 3 is 2.73 bits per heavy atom. The Labute approximate surface area is 151 Å². The number of anilines is 1. The molecule has 0 unspecified atom stereocenters. The molecule has 1 amide bonds. The monoisotopic (exact) mass is 374 g/mol. The highest BCUT2D eigenvalue weighted by atomic mass is 35.5. The van der Waals surface area contributed by atoms with Gasteiger partial charge in [-0.25, -0.2) is 4.79 Å². The first-order valence-electron chi connectivity index (χ1n) is 7.33. The van der Waals surface area contributed by atoms with Crippen molar-refractivity contribution in [3.63, 3.8) is 0 Å². The van der Waals surface area contributed by atoms with E-state index in [1.54, 1.807) is 18.2 Å². The minimum absolute atomic E-state index is 0.0260. The van der Waals surface area contributed by atoms with Gasteiger partial charge in [0.1, 0.15) is 16.4 Å². The van der Waals surface area contributed by atoms with E-state index in [1.807, 2.05) is 0 Å². The quantitative estimate of drug-likeness (QED) is 0.416. The summed E-state index contributed by atoms with van der Waals surface area (Å²) in [4.78, 5) is 33.4. The molecule has 0 aliphatic heterocycles. The van der Waals surface area contributed by atoms with Crippen LogP contribution in [0.25, 0.3) is 11.0 Å². The zero-order valence-electron chi connectivity index (χ0n) is 13.1. The number of hydrogen-bond acceptors (Lipinski definition) is 6. The topological polar surface area (TPSA) is 112 Å². The fourth-order valence-electron chi connectivity index (χ4n) is 2.21. The molecule has 26 heavy (non-hydrogen) atoms. The van der Waals surface area contributed by atoms with Gasteiger partial charge in [-0.1, -0.05) is 11.6 Å². The molecule has 0 aliphatic carbocycles. The molecule has 0 spiro atoms. The fourth-order valence-corrected chi connectivity index (χ4v) is 2.39. The number of rotatable bonds is 5. The molecule has 0 fully saturated rings. The second-order valence-corrected chi connectivity index (χ2v) is 5.62. The van der Waals surface area contributed by atoms with Crippen molar-refractivity contribution in [1.82, 2.24) is 0 Å². The summed E-state index contributed by atoms with van der Waals surface area (Å²) in [5.74, 6) is -0.180. The van der Waals surface area contributed by atoms with Gasteiger partial charge in [0.05, 0.1) is 4.92 Å². The summed E-state index contributed by atoms with van der Waals surface area (Å²) in [5.41, 5.74) is -0.241. The van der Waals surface area contributed by atoms with Gasteiger partial charge in [0.25, 0.3) is 11.6 Å². The van der Waals surface area contributed by atoms with Crippen LogP contribution in [0.3, 0.4) is 0 Å².